The lowest BCUT2D eigenvalue weighted by molar-refractivity contribution is 0.0285. The first-order chi connectivity index (χ1) is 7.59. The Bertz CT molecular complexity index is 492. The Hall–Kier alpha value is -1.28. The van der Waals surface area contributed by atoms with Crippen LogP contribution in [0.1, 0.15) is 38.0 Å². The van der Waals surface area contributed by atoms with Crippen LogP contribution >= 0.6 is 0 Å². The lowest BCUT2D eigenvalue weighted by atomic mass is 9.88. The molecule has 2 heteroatoms. The second-order valence-corrected chi connectivity index (χ2v) is 4.35. The van der Waals surface area contributed by atoms with E-state index in [9.17, 15) is 5.11 Å². The summed E-state index contributed by atoms with van der Waals surface area (Å²) >= 11 is 0. The van der Waals surface area contributed by atoms with Crippen molar-refractivity contribution in [2.45, 2.75) is 39.2 Å². The molecule has 0 bridgehead atoms. The molecule has 0 unspecified atom stereocenters. The molecule has 1 N–H and O–H groups in total. The molecular formula is C14H18O2. The minimum absolute atomic E-state index is 0.709. The van der Waals surface area contributed by atoms with Crippen molar-refractivity contribution in [1.82, 2.24) is 0 Å². The average molecular weight is 218 g/mol. The van der Waals surface area contributed by atoms with Gasteiger partial charge in [-0.15, -0.1) is 0 Å². The molecule has 0 saturated heterocycles. The summed E-state index contributed by atoms with van der Waals surface area (Å²) < 4.78 is 5.52. The topological polar surface area (TPSA) is 33.4 Å². The van der Waals surface area contributed by atoms with E-state index in [1.54, 1.807) is 0 Å². The maximum atomic E-state index is 10.4. The van der Waals surface area contributed by atoms with Crippen LogP contribution in [0.5, 0.6) is 0 Å². The van der Waals surface area contributed by atoms with E-state index in [0.717, 1.165) is 35.1 Å². The molecule has 0 aliphatic heterocycles. The SMILES string of the molecule is CCC(O)(CC)c1ccc2oc(C)cc2c1. The number of furan rings is 1. The van der Waals surface area contributed by atoms with Crippen LogP contribution in [0.4, 0.5) is 0 Å². The van der Waals surface area contributed by atoms with Gasteiger partial charge in [0.25, 0.3) is 0 Å². The van der Waals surface area contributed by atoms with Crippen LogP contribution in [-0.4, -0.2) is 5.11 Å². The van der Waals surface area contributed by atoms with Crippen molar-refractivity contribution in [2.24, 2.45) is 0 Å². The van der Waals surface area contributed by atoms with E-state index in [1.807, 2.05) is 45.0 Å². The monoisotopic (exact) mass is 218 g/mol. The van der Waals surface area contributed by atoms with E-state index in [2.05, 4.69) is 0 Å². The Kier molecular flexibility index (Phi) is 2.76. The summed E-state index contributed by atoms with van der Waals surface area (Å²) in [5.41, 5.74) is 1.15. The van der Waals surface area contributed by atoms with E-state index in [-0.39, 0.29) is 0 Å². The Morgan fingerprint density at radius 3 is 2.50 bits per heavy atom. The summed E-state index contributed by atoms with van der Waals surface area (Å²) in [6.45, 7) is 5.95. The molecule has 0 radical (unpaired) electrons. The van der Waals surface area contributed by atoms with Crippen molar-refractivity contribution in [3.8, 4) is 0 Å². The number of aryl methyl sites for hydroxylation is 1. The fraction of sp³-hybridized carbons (Fsp3) is 0.429. The van der Waals surface area contributed by atoms with Gasteiger partial charge < -0.3 is 9.52 Å². The Morgan fingerprint density at radius 1 is 1.19 bits per heavy atom. The van der Waals surface area contributed by atoms with Crippen molar-refractivity contribution in [3.63, 3.8) is 0 Å². The molecule has 2 nitrogen and oxygen atoms in total. The first-order valence-electron chi connectivity index (χ1n) is 5.82. The predicted molar refractivity (Wildman–Crippen MR) is 65.4 cm³/mol. The van der Waals surface area contributed by atoms with Gasteiger partial charge in [-0.25, -0.2) is 0 Å². The van der Waals surface area contributed by atoms with Gasteiger partial charge in [0.15, 0.2) is 0 Å². The van der Waals surface area contributed by atoms with Gasteiger partial charge in [0, 0.05) is 5.39 Å². The molecule has 16 heavy (non-hydrogen) atoms. The van der Waals surface area contributed by atoms with Gasteiger partial charge in [-0.3, -0.25) is 0 Å². The first-order valence-corrected chi connectivity index (χ1v) is 5.82. The van der Waals surface area contributed by atoms with Crippen molar-refractivity contribution in [2.75, 3.05) is 0 Å². The van der Waals surface area contributed by atoms with Gasteiger partial charge in [-0.1, -0.05) is 19.9 Å². The third-order valence-electron chi connectivity index (χ3n) is 3.35. The van der Waals surface area contributed by atoms with Crippen molar-refractivity contribution in [1.29, 1.82) is 0 Å². The third kappa shape index (κ3) is 1.74. The largest absolute Gasteiger partial charge is 0.461 e. The molecule has 0 aliphatic carbocycles. The first kappa shape index (κ1) is 11.2. The third-order valence-corrected chi connectivity index (χ3v) is 3.35. The number of aliphatic hydroxyl groups is 1. The van der Waals surface area contributed by atoms with Crippen LogP contribution in [-0.2, 0) is 5.60 Å². The van der Waals surface area contributed by atoms with Crippen LogP contribution in [0.15, 0.2) is 28.7 Å². The lowest BCUT2D eigenvalue weighted by Gasteiger charge is -2.25. The molecule has 0 amide bonds. The number of rotatable bonds is 3. The van der Waals surface area contributed by atoms with Gasteiger partial charge in [-0.2, -0.15) is 0 Å². The second-order valence-electron chi connectivity index (χ2n) is 4.35. The molecule has 0 fully saturated rings. The summed E-state index contributed by atoms with van der Waals surface area (Å²) in [6, 6.07) is 7.93. The molecular weight excluding hydrogens is 200 g/mol. The van der Waals surface area contributed by atoms with E-state index >= 15 is 0 Å². The average Bonchev–Trinajstić information content (AvgIpc) is 2.67. The van der Waals surface area contributed by atoms with Gasteiger partial charge in [-0.05, 0) is 43.5 Å². The maximum absolute atomic E-state index is 10.4. The summed E-state index contributed by atoms with van der Waals surface area (Å²) in [7, 11) is 0. The molecule has 1 heterocycles. The summed E-state index contributed by atoms with van der Waals surface area (Å²) in [5.74, 6) is 0.906. The van der Waals surface area contributed by atoms with Gasteiger partial charge >= 0.3 is 0 Å². The fourth-order valence-corrected chi connectivity index (χ4v) is 2.12. The van der Waals surface area contributed by atoms with Gasteiger partial charge in [0.2, 0.25) is 0 Å². The molecule has 86 valence electrons. The maximum Gasteiger partial charge on any atom is 0.134 e. The zero-order valence-electron chi connectivity index (χ0n) is 10.1. The molecule has 0 saturated carbocycles. The Balaban J connectivity index is 2.53. The minimum atomic E-state index is -0.709. The Labute approximate surface area is 95.9 Å². The van der Waals surface area contributed by atoms with Crippen molar-refractivity contribution < 1.29 is 9.52 Å². The van der Waals surface area contributed by atoms with Gasteiger partial charge in [0.05, 0.1) is 5.60 Å². The molecule has 0 atom stereocenters. The molecule has 2 rings (SSSR count). The van der Waals surface area contributed by atoms with E-state index in [1.165, 1.54) is 0 Å². The standard InChI is InChI=1S/C14H18O2/c1-4-14(15,5-2)12-6-7-13-11(9-12)8-10(3)16-13/h6-9,15H,4-5H2,1-3H3. The zero-order chi connectivity index (χ0) is 11.8. The highest BCUT2D eigenvalue weighted by molar-refractivity contribution is 5.78. The van der Waals surface area contributed by atoms with Crippen LogP contribution in [0.25, 0.3) is 11.0 Å². The fourth-order valence-electron chi connectivity index (χ4n) is 2.12. The predicted octanol–water partition coefficient (Wildman–Crippen LogP) is 3.75. The highest BCUT2D eigenvalue weighted by atomic mass is 16.3. The number of fused-ring (bicyclic) bond motifs is 1. The summed E-state index contributed by atoms with van der Waals surface area (Å²) in [5, 5.41) is 11.5. The molecule has 1 aromatic carbocycles. The summed E-state index contributed by atoms with van der Waals surface area (Å²) in [6.07, 6.45) is 1.46. The minimum Gasteiger partial charge on any atom is -0.461 e. The molecule has 0 aliphatic rings. The van der Waals surface area contributed by atoms with Crippen LogP contribution in [0.2, 0.25) is 0 Å². The smallest absolute Gasteiger partial charge is 0.134 e. The molecule has 0 spiro atoms. The van der Waals surface area contributed by atoms with Crippen molar-refractivity contribution >= 4 is 11.0 Å². The van der Waals surface area contributed by atoms with Gasteiger partial charge in [0.1, 0.15) is 11.3 Å². The van der Waals surface area contributed by atoms with E-state index in [0.29, 0.717) is 0 Å². The Morgan fingerprint density at radius 2 is 1.88 bits per heavy atom. The van der Waals surface area contributed by atoms with Crippen molar-refractivity contribution in [3.05, 3.63) is 35.6 Å². The van der Waals surface area contributed by atoms with Crippen LogP contribution in [0.3, 0.4) is 0 Å². The molecule has 2 aromatic rings. The van der Waals surface area contributed by atoms with Crippen LogP contribution in [0, 0.1) is 6.92 Å². The number of benzene rings is 1. The second kappa shape index (κ2) is 3.95. The van der Waals surface area contributed by atoms with E-state index < -0.39 is 5.60 Å². The quantitative estimate of drug-likeness (QED) is 0.851. The highest BCUT2D eigenvalue weighted by Crippen LogP contribution is 2.31. The van der Waals surface area contributed by atoms with Crippen LogP contribution < -0.4 is 0 Å². The summed E-state index contributed by atoms with van der Waals surface area (Å²) in [4.78, 5) is 0. The lowest BCUT2D eigenvalue weighted by Crippen LogP contribution is -2.23. The molecule has 1 aromatic heterocycles. The normalized spacial score (nSPS) is 12.2. The highest BCUT2D eigenvalue weighted by Gasteiger charge is 2.24. The number of hydrogen-bond acceptors (Lipinski definition) is 2. The number of hydrogen-bond donors (Lipinski definition) is 1. The zero-order valence-corrected chi connectivity index (χ0v) is 10.1. The van der Waals surface area contributed by atoms with E-state index in [4.69, 9.17) is 4.42 Å².